The fourth-order valence-electron chi connectivity index (χ4n) is 3.32. The van der Waals surface area contributed by atoms with Crippen molar-refractivity contribution in [3.8, 4) is 0 Å². The van der Waals surface area contributed by atoms with E-state index in [0.29, 0.717) is 5.13 Å². The van der Waals surface area contributed by atoms with Crippen LogP contribution in [0.15, 0.2) is 35.2 Å². The summed E-state index contributed by atoms with van der Waals surface area (Å²) in [5.41, 5.74) is 2.67. The number of hydrogen-bond acceptors (Lipinski definition) is 7. The smallest absolute Gasteiger partial charge is 0.338 e. The lowest BCUT2D eigenvalue weighted by atomic mass is 10.1. The number of carbonyl (C=O) groups excluding carboxylic acids is 2. The van der Waals surface area contributed by atoms with Crippen LogP contribution in [-0.4, -0.2) is 49.3 Å². The number of halogens is 1. The molecule has 3 rings (SSSR count). The Hall–Kier alpha value is -2.89. The maximum atomic E-state index is 14.2. The van der Waals surface area contributed by atoms with Gasteiger partial charge < -0.3 is 4.74 Å². The third-order valence-corrected chi connectivity index (χ3v) is 7.88. The predicted molar refractivity (Wildman–Crippen MR) is 125 cm³/mol. The predicted octanol–water partition coefficient (Wildman–Crippen LogP) is 3.88. The molecule has 0 radical (unpaired) electrons. The van der Waals surface area contributed by atoms with Gasteiger partial charge in [0, 0.05) is 13.1 Å². The number of thiazole rings is 1. The molecule has 0 aliphatic heterocycles. The number of rotatable bonds is 8. The highest BCUT2D eigenvalue weighted by atomic mass is 32.2. The van der Waals surface area contributed by atoms with E-state index in [1.54, 1.807) is 13.8 Å². The number of nitrogens with zero attached hydrogens (tertiary/aromatic N) is 2. The van der Waals surface area contributed by atoms with Crippen molar-refractivity contribution in [2.45, 2.75) is 32.6 Å². The second-order valence-corrected chi connectivity index (χ2v) is 10.2. The Morgan fingerprint density at radius 1 is 1.15 bits per heavy atom. The van der Waals surface area contributed by atoms with Crippen molar-refractivity contribution in [1.82, 2.24) is 9.29 Å². The lowest BCUT2D eigenvalue weighted by molar-refractivity contribution is -0.119. The molecule has 0 saturated carbocycles. The van der Waals surface area contributed by atoms with Crippen molar-refractivity contribution in [1.29, 1.82) is 0 Å². The van der Waals surface area contributed by atoms with Gasteiger partial charge in [-0.1, -0.05) is 31.3 Å². The van der Waals surface area contributed by atoms with E-state index in [-0.39, 0.29) is 18.7 Å². The van der Waals surface area contributed by atoms with E-state index >= 15 is 0 Å². The molecule has 176 valence electrons. The van der Waals surface area contributed by atoms with Crippen molar-refractivity contribution in [3.63, 3.8) is 0 Å². The Kier molecular flexibility index (Phi) is 7.45. The Bertz CT molecular complexity index is 1320. The zero-order chi connectivity index (χ0) is 24.3. The van der Waals surface area contributed by atoms with E-state index in [4.69, 9.17) is 4.74 Å². The lowest BCUT2D eigenvalue weighted by Gasteiger charge is -2.19. The van der Waals surface area contributed by atoms with Crippen molar-refractivity contribution in [2.75, 3.05) is 25.0 Å². The van der Waals surface area contributed by atoms with Crippen LogP contribution in [0.25, 0.3) is 10.2 Å². The average Bonchev–Trinajstić information content (AvgIpc) is 3.15. The highest BCUT2D eigenvalue weighted by Gasteiger charge is 2.27. The zero-order valence-corrected chi connectivity index (χ0v) is 20.3. The molecular formula is C22H24FN3O5S2. The molecule has 33 heavy (non-hydrogen) atoms. The topological polar surface area (TPSA) is 106 Å². The molecule has 8 nitrogen and oxygen atoms in total. The Balaban J connectivity index is 1.69. The van der Waals surface area contributed by atoms with Gasteiger partial charge in [-0.25, -0.2) is 22.6 Å². The van der Waals surface area contributed by atoms with Gasteiger partial charge in [0.25, 0.3) is 5.91 Å². The van der Waals surface area contributed by atoms with Gasteiger partial charge >= 0.3 is 5.97 Å². The van der Waals surface area contributed by atoms with E-state index in [9.17, 15) is 22.4 Å². The summed E-state index contributed by atoms with van der Waals surface area (Å²) in [5.74, 6) is -2.52. The quantitative estimate of drug-likeness (QED) is 0.478. The molecule has 0 atom stereocenters. The average molecular weight is 494 g/mol. The maximum absolute atomic E-state index is 14.2. The molecule has 0 aliphatic rings. The third-order valence-electron chi connectivity index (χ3n) is 4.90. The minimum absolute atomic E-state index is 0.151. The first kappa shape index (κ1) is 24.7. The second kappa shape index (κ2) is 9.94. The van der Waals surface area contributed by atoms with Gasteiger partial charge in [-0.15, -0.1) is 0 Å². The molecule has 0 fully saturated rings. The summed E-state index contributed by atoms with van der Waals surface area (Å²) >= 11 is 1.30. The fourth-order valence-corrected chi connectivity index (χ4v) is 5.93. The van der Waals surface area contributed by atoms with Gasteiger partial charge in [0.1, 0.15) is 10.7 Å². The van der Waals surface area contributed by atoms with Gasteiger partial charge in [-0.3, -0.25) is 10.1 Å². The van der Waals surface area contributed by atoms with Crippen LogP contribution >= 0.6 is 11.3 Å². The third kappa shape index (κ3) is 5.37. The monoisotopic (exact) mass is 493 g/mol. The van der Waals surface area contributed by atoms with Crippen LogP contribution in [0.3, 0.4) is 0 Å². The highest BCUT2D eigenvalue weighted by Crippen LogP contribution is 2.29. The van der Waals surface area contributed by atoms with Crippen molar-refractivity contribution in [3.05, 3.63) is 52.8 Å². The number of anilines is 1. The number of carbonyl (C=O) groups is 2. The van der Waals surface area contributed by atoms with E-state index in [1.807, 2.05) is 26.0 Å². The van der Waals surface area contributed by atoms with Crippen LogP contribution in [0.1, 0.15) is 35.3 Å². The number of amides is 1. The number of esters is 1. The molecule has 1 N–H and O–H groups in total. The summed E-state index contributed by atoms with van der Waals surface area (Å²) in [6.07, 6.45) is 0. The van der Waals surface area contributed by atoms with Crippen LogP contribution in [0.4, 0.5) is 9.52 Å². The first-order chi connectivity index (χ1) is 15.6. The van der Waals surface area contributed by atoms with Crippen LogP contribution in [-0.2, 0) is 19.6 Å². The molecular weight excluding hydrogens is 469 g/mol. The van der Waals surface area contributed by atoms with Gasteiger partial charge in [0.2, 0.25) is 10.0 Å². The number of ether oxygens (including phenoxy) is 1. The van der Waals surface area contributed by atoms with E-state index in [0.717, 1.165) is 43.8 Å². The number of aromatic nitrogens is 1. The summed E-state index contributed by atoms with van der Waals surface area (Å²) in [4.78, 5) is 28.4. The summed E-state index contributed by atoms with van der Waals surface area (Å²) in [6.45, 7) is 6.85. The lowest BCUT2D eigenvalue weighted by Crippen LogP contribution is -2.31. The zero-order valence-electron chi connectivity index (χ0n) is 18.6. The van der Waals surface area contributed by atoms with Crippen LogP contribution < -0.4 is 5.32 Å². The molecule has 1 aromatic heterocycles. The fraction of sp³-hybridized carbons (Fsp3) is 0.318. The number of benzene rings is 2. The molecule has 0 saturated heterocycles. The molecule has 11 heteroatoms. The largest absolute Gasteiger partial charge is 0.452 e. The van der Waals surface area contributed by atoms with Crippen molar-refractivity contribution >= 4 is 48.6 Å². The normalized spacial score (nSPS) is 11.7. The van der Waals surface area contributed by atoms with Crippen LogP contribution in [0.5, 0.6) is 0 Å². The second-order valence-electron chi connectivity index (χ2n) is 7.31. The molecule has 0 unspecified atom stereocenters. The molecule has 1 heterocycles. The van der Waals surface area contributed by atoms with Crippen LogP contribution in [0, 0.1) is 19.7 Å². The Morgan fingerprint density at radius 2 is 1.85 bits per heavy atom. The van der Waals surface area contributed by atoms with Gasteiger partial charge in [-0.2, -0.15) is 4.31 Å². The highest BCUT2D eigenvalue weighted by molar-refractivity contribution is 7.89. The summed E-state index contributed by atoms with van der Waals surface area (Å²) in [6, 6.07) is 6.87. The SMILES string of the molecule is CCN(CC)S(=O)(=O)c1cc(C(=O)OCC(=O)Nc2nc3c(C)cc(C)cc3s2)ccc1F. The van der Waals surface area contributed by atoms with E-state index in [1.165, 1.54) is 11.3 Å². The summed E-state index contributed by atoms with van der Waals surface area (Å²) in [7, 11) is -4.11. The molecule has 0 spiro atoms. The number of fused-ring (bicyclic) bond motifs is 1. The van der Waals surface area contributed by atoms with Gasteiger partial charge in [0.05, 0.1) is 15.8 Å². The Labute approximate surface area is 195 Å². The van der Waals surface area contributed by atoms with Gasteiger partial charge in [0.15, 0.2) is 11.7 Å². The molecule has 1 amide bonds. The Morgan fingerprint density at radius 3 is 2.52 bits per heavy atom. The summed E-state index contributed by atoms with van der Waals surface area (Å²) < 4.78 is 46.5. The minimum atomic E-state index is -4.11. The molecule has 0 aliphatic carbocycles. The number of sulfonamides is 1. The first-order valence-corrected chi connectivity index (χ1v) is 12.5. The van der Waals surface area contributed by atoms with Crippen molar-refractivity contribution in [2.24, 2.45) is 0 Å². The number of nitrogens with one attached hydrogen (secondary N) is 1. The number of aryl methyl sites for hydroxylation is 2. The van der Waals surface area contributed by atoms with Gasteiger partial charge in [-0.05, 0) is 49.2 Å². The minimum Gasteiger partial charge on any atom is -0.452 e. The van der Waals surface area contributed by atoms with E-state index < -0.39 is 39.2 Å². The molecule has 0 bridgehead atoms. The summed E-state index contributed by atoms with van der Waals surface area (Å²) in [5, 5.41) is 2.96. The maximum Gasteiger partial charge on any atom is 0.338 e. The van der Waals surface area contributed by atoms with Crippen LogP contribution in [0.2, 0.25) is 0 Å². The number of hydrogen-bond donors (Lipinski definition) is 1. The standard InChI is InChI=1S/C22H24FN3O5S2/c1-5-26(6-2)33(29,30)18-11-15(7-8-16(18)23)21(28)31-12-19(27)24-22-25-20-14(4)9-13(3)10-17(20)32-22/h7-11H,5-6,12H2,1-4H3,(H,24,25,27). The molecule has 3 aromatic rings. The first-order valence-electron chi connectivity index (χ1n) is 10.2. The van der Waals surface area contributed by atoms with E-state index in [2.05, 4.69) is 10.3 Å². The molecule has 2 aromatic carbocycles. The van der Waals surface area contributed by atoms with Crippen molar-refractivity contribution < 1.29 is 27.1 Å².